The summed E-state index contributed by atoms with van der Waals surface area (Å²) >= 11 is 0. The summed E-state index contributed by atoms with van der Waals surface area (Å²) in [6, 6.07) is -0.0316. The largest absolute Gasteiger partial charge is 0.481 e. The molecule has 0 atom stereocenters. The van der Waals surface area contributed by atoms with E-state index < -0.39 is 5.97 Å². The first-order chi connectivity index (χ1) is 10.1. The molecule has 1 N–H and O–H groups in total. The number of aliphatic carboxylic acids is 1. The zero-order chi connectivity index (χ0) is 15.2. The maximum absolute atomic E-state index is 12.2. The number of hydrogen-bond acceptors (Lipinski definition) is 3. The molecule has 0 bridgehead atoms. The zero-order valence-electron chi connectivity index (χ0n) is 13.0. The summed E-state index contributed by atoms with van der Waals surface area (Å²) in [4.78, 5) is 28.7. The van der Waals surface area contributed by atoms with Gasteiger partial charge in [-0.05, 0) is 44.7 Å². The van der Waals surface area contributed by atoms with Crippen molar-refractivity contribution in [1.82, 2.24) is 14.7 Å². The summed E-state index contributed by atoms with van der Waals surface area (Å²) in [7, 11) is 1.68. The van der Waals surface area contributed by atoms with Gasteiger partial charge in [-0.25, -0.2) is 4.79 Å². The van der Waals surface area contributed by atoms with E-state index >= 15 is 0 Å². The monoisotopic (exact) mass is 297 g/mol. The first kappa shape index (κ1) is 16.1. The number of nitrogens with zero attached hydrogens (tertiary/aromatic N) is 3. The van der Waals surface area contributed by atoms with Gasteiger partial charge in [-0.2, -0.15) is 0 Å². The molecule has 2 amide bonds. The Balaban J connectivity index is 1.69. The first-order valence-corrected chi connectivity index (χ1v) is 8.00. The van der Waals surface area contributed by atoms with Crippen molar-refractivity contribution < 1.29 is 14.7 Å². The van der Waals surface area contributed by atoms with Crippen LogP contribution in [0.25, 0.3) is 0 Å². The zero-order valence-corrected chi connectivity index (χ0v) is 13.0. The quantitative estimate of drug-likeness (QED) is 0.831. The summed E-state index contributed by atoms with van der Waals surface area (Å²) in [5.41, 5.74) is 0. The minimum atomic E-state index is -0.862. The molecule has 0 radical (unpaired) electrons. The fourth-order valence-electron chi connectivity index (χ4n) is 3.24. The van der Waals surface area contributed by atoms with Gasteiger partial charge in [0, 0.05) is 33.2 Å². The van der Waals surface area contributed by atoms with Gasteiger partial charge in [-0.15, -0.1) is 0 Å². The summed E-state index contributed by atoms with van der Waals surface area (Å²) in [6.07, 6.45) is 4.79. The molecule has 6 heteroatoms. The molecule has 2 rings (SSSR count). The average molecular weight is 297 g/mol. The number of carboxylic acids is 1. The van der Waals surface area contributed by atoms with E-state index in [0.29, 0.717) is 5.92 Å². The summed E-state index contributed by atoms with van der Waals surface area (Å²) in [5.74, 6) is -0.157. The van der Waals surface area contributed by atoms with Crippen LogP contribution in [0.3, 0.4) is 0 Å². The van der Waals surface area contributed by atoms with Gasteiger partial charge in [0.2, 0.25) is 0 Å². The molecule has 2 fully saturated rings. The minimum absolute atomic E-state index is 0.00760. The van der Waals surface area contributed by atoms with E-state index in [1.807, 2.05) is 4.90 Å². The van der Waals surface area contributed by atoms with Crippen LogP contribution in [0.1, 0.15) is 32.1 Å². The summed E-state index contributed by atoms with van der Waals surface area (Å²) in [6.45, 7) is 5.52. The van der Waals surface area contributed by atoms with Gasteiger partial charge in [0.1, 0.15) is 0 Å². The molecule has 2 heterocycles. The van der Waals surface area contributed by atoms with E-state index in [1.54, 1.807) is 7.05 Å². The number of carbonyl (C=O) groups excluding carboxylic acids is 1. The molecule has 120 valence electrons. The maximum Gasteiger partial charge on any atom is 0.319 e. The Morgan fingerprint density at radius 2 is 1.76 bits per heavy atom. The van der Waals surface area contributed by atoms with Crippen LogP contribution in [0.15, 0.2) is 0 Å². The van der Waals surface area contributed by atoms with Crippen LogP contribution in [0.4, 0.5) is 4.79 Å². The van der Waals surface area contributed by atoms with Crippen LogP contribution in [0, 0.1) is 5.92 Å². The van der Waals surface area contributed by atoms with E-state index in [0.717, 1.165) is 25.9 Å². The van der Waals surface area contributed by atoms with Crippen molar-refractivity contribution in [3.63, 3.8) is 0 Å². The van der Waals surface area contributed by atoms with Crippen molar-refractivity contribution in [2.75, 3.05) is 46.3 Å². The third-order valence-electron chi connectivity index (χ3n) is 4.59. The SMILES string of the molecule is CN(CCC(=O)O)C(=O)N1CCC(CN2CCCC2)CC1. The second-order valence-corrected chi connectivity index (χ2v) is 6.29. The highest BCUT2D eigenvalue weighted by atomic mass is 16.4. The fraction of sp³-hybridized carbons (Fsp3) is 0.867. The smallest absolute Gasteiger partial charge is 0.319 e. The van der Waals surface area contributed by atoms with Gasteiger partial charge in [0.15, 0.2) is 0 Å². The highest BCUT2D eigenvalue weighted by Gasteiger charge is 2.26. The van der Waals surface area contributed by atoms with Crippen molar-refractivity contribution in [2.24, 2.45) is 5.92 Å². The molecule has 6 nitrogen and oxygen atoms in total. The van der Waals surface area contributed by atoms with Crippen LogP contribution >= 0.6 is 0 Å². The number of hydrogen-bond donors (Lipinski definition) is 1. The predicted molar refractivity (Wildman–Crippen MR) is 80.2 cm³/mol. The van der Waals surface area contributed by atoms with Crippen molar-refractivity contribution in [3.8, 4) is 0 Å². The number of urea groups is 1. The number of rotatable bonds is 5. The molecule has 2 saturated heterocycles. The second kappa shape index (κ2) is 7.64. The fourth-order valence-corrected chi connectivity index (χ4v) is 3.24. The lowest BCUT2D eigenvalue weighted by Gasteiger charge is -2.35. The van der Waals surface area contributed by atoms with Gasteiger partial charge >= 0.3 is 12.0 Å². The van der Waals surface area contributed by atoms with Crippen LogP contribution < -0.4 is 0 Å². The minimum Gasteiger partial charge on any atom is -0.481 e. The van der Waals surface area contributed by atoms with Crippen LogP contribution in [0.5, 0.6) is 0 Å². The van der Waals surface area contributed by atoms with Crippen LogP contribution in [0.2, 0.25) is 0 Å². The van der Waals surface area contributed by atoms with E-state index in [-0.39, 0.29) is 19.0 Å². The van der Waals surface area contributed by atoms with Crippen molar-refractivity contribution >= 4 is 12.0 Å². The molecular formula is C15H27N3O3. The summed E-state index contributed by atoms with van der Waals surface area (Å²) in [5, 5.41) is 8.67. The van der Waals surface area contributed by atoms with E-state index in [2.05, 4.69) is 4.90 Å². The topological polar surface area (TPSA) is 64.1 Å². The Labute approximate surface area is 126 Å². The van der Waals surface area contributed by atoms with Crippen molar-refractivity contribution in [2.45, 2.75) is 32.1 Å². The third kappa shape index (κ3) is 4.88. The molecule has 0 aromatic carbocycles. The van der Waals surface area contributed by atoms with Crippen LogP contribution in [-0.2, 0) is 4.79 Å². The average Bonchev–Trinajstić information content (AvgIpc) is 2.97. The highest BCUT2D eigenvalue weighted by molar-refractivity contribution is 5.75. The van der Waals surface area contributed by atoms with Gasteiger partial charge in [-0.1, -0.05) is 0 Å². The first-order valence-electron chi connectivity index (χ1n) is 8.00. The third-order valence-corrected chi connectivity index (χ3v) is 4.59. The van der Waals surface area contributed by atoms with E-state index in [4.69, 9.17) is 5.11 Å². The molecule has 21 heavy (non-hydrogen) atoms. The second-order valence-electron chi connectivity index (χ2n) is 6.29. The summed E-state index contributed by atoms with van der Waals surface area (Å²) < 4.78 is 0. The molecule has 0 unspecified atom stereocenters. The molecule has 0 aromatic heterocycles. The number of piperidine rings is 1. The number of carboxylic acid groups (broad SMARTS) is 1. The molecule has 2 aliphatic rings. The van der Waals surface area contributed by atoms with Gasteiger partial charge < -0.3 is 19.8 Å². The molecular weight excluding hydrogens is 270 g/mol. The number of carbonyl (C=O) groups is 2. The molecule has 0 aromatic rings. The Hall–Kier alpha value is -1.30. The Morgan fingerprint density at radius 1 is 1.14 bits per heavy atom. The number of amides is 2. The van der Waals surface area contributed by atoms with Crippen molar-refractivity contribution in [1.29, 1.82) is 0 Å². The molecule has 0 saturated carbocycles. The standard InChI is InChI=1S/C15H27N3O3/c1-16(9-6-14(19)20)15(21)18-10-4-13(5-11-18)12-17-7-2-3-8-17/h13H,2-12H2,1H3,(H,19,20). The normalized spacial score (nSPS) is 20.7. The molecule has 0 aliphatic carbocycles. The Morgan fingerprint density at radius 3 is 2.33 bits per heavy atom. The lowest BCUT2D eigenvalue weighted by molar-refractivity contribution is -0.137. The maximum atomic E-state index is 12.2. The molecule has 2 aliphatic heterocycles. The predicted octanol–water partition coefficient (Wildman–Crippen LogP) is 1.32. The van der Waals surface area contributed by atoms with Gasteiger partial charge in [0.25, 0.3) is 0 Å². The van der Waals surface area contributed by atoms with Crippen molar-refractivity contribution in [3.05, 3.63) is 0 Å². The highest BCUT2D eigenvalue weighted by Crippen LogP contribution is 2.21. The van der Waals surface area contributed by atoms with Gasteiger partial charge in [-0.3, -0.25) is 4.79 Å². The van der Waals surface area contributed by atoms with E-state index in [9.17, 15) is 9.59 Å². The Kier molecular flexibility index (Phi) is 5.85. The lowest BCUT2D eigenvalue weighted by atomic mass is 9.96. The number of likely N-dealkylation sites (tertiary alicyclic amines) is 2. The van der Waals surface area contributed by atoms with Crippen LogP contribution in [-0.4, -0.2) is 78.1 Å². The Bertz CT molecular complexity index is 361. The lowest BCUT2D eigenvalue weighted by Crippen LogP contribution is -2.46. The molecule has 0 spiro atoms. The van der Waals surface area contributed by atoms with E-state index in [1.165, 1.54) is 37.4 Å². The van der Waals surface area contributed by atoms with Gasteiger partial charge in [0.05, 0.1) is 6.42 Å².